The van der Waals surface area contributed by atoms with Crippen LogP contribution in [0.1, 0.15) is 20.8 Å². The molecule has 0 aliphatic rings. The van der Waals surface area contributed by atoms with Gasteiger partial charge >= 0.3 is 0 Å². The molecule has 3 heteroatoms. The van der Waals surface area contributed by atoms with Crippen molar-refractivity contribution in [3.63, 3.8) is 0 Å². The number of nitrogens with one attached hydrogen (secondary N) is 1. The summed E-state index contributed by atoms with van der Waals surface area (Å²) in [6, 6.07) is -0.206. The smallest absolute Gasteiger partial charge is 0.0960 e. The molecule has 0 radical (unpaired) electrons. The Kier molecular flexibility index (Phi) is 3.08. The third kappa shape index (κ3) is 2.28. The fraction of sp³-hybridized carbons (Fsp3) is 1.00. The summed E-state index contributed by atoms with van der Waals surface area (Å²) in [6.07, 6.45) is 0. The van der Waals surface area contributed by atoms with Crippen LogP contribution in [0.15, 0.2) is 0 Å². The van der Waals surface area contributed by atoms with Gasteiger partial charge in [-0.3, -0.25) is 4.39 Å². The molecule has 0 aromatic heterocycles. The molecule has 2 nitrogen and oxygen atoms in total. The Morgan fingerprint density at radius 1 is 1.67 bits per heavy atom. The molecule has 0 fully saturated rings. The van der Waals surface area contributed by atoms with Crippen molar-refractivity contribution in [2.45, 2.75) is 26.8 Å². The van der Waals surface area contributed by atoms with E-state index in [1.54, 1.807) is 20.8 Å². The number of hydrogen-bond donors (Lipinski definition) is 2. The Labute approximate surface area is 55.0 Å². The van der Waals surface area contributed by atoms with Crippen LogP contribution in [0.2, 0.25) is 0 Å². The van der Waals surface area contributed by atoms with Gasteiger partial charge in [0.1, 0.15) is 0 Å². The molecule has 0 spiro atoms. The molecule has 9 heavy (non-hydrogen) atoms. The predicted molar refractivity (Wildman–Crippen MR) is 34.1 cm³/mol. The first-order valence-electron chi connectivity index (χ1n) is 3.00. The fourth-order valence-electron chi connectivity index (χ4n) is 0.290. The molecule has 0 saturated carbocycles. The van der Waals surface area contributed by atoms with Crippen molar-refractivity contribution in [1.29, 1.82) is 0 Å². The van der Waals surface area contributed by atoms with Crippen LogP contribution in [0, 0.1) is 5.41 Å². The number of hydroxylamine groups is 1. The van der Waals surface area contributed by atoms with Gasteiger partial charge in [0.15, 0.2) is 0 Å². The first kappa shape index (κ1) is 8.85. The largest absolute Gasteiger partial charge is 0.317 e. The van der Waals surface area contributed by atoms with E-state index in [0.29, 0.717) is 0 Å². The highest BCUT2D eigenvalue weighted by Crippen LogP contribution is 2.19. The van der Waals surface area contributed by atoms with Crippen LogP contribution >= 0.6 is 0 Å². The van der Waals surface area contributed by atoms with Crippen LogP contribution in [-0.2, 0) is 0 Å². The molecule has 56 valence electrons. The van der Waals surface area contributed by atoms with Gasteiger partial charge in [0.05, 0.1) is 6.67 Å². The van der Waals surface area contributed by atoms with E-state index < -0.39 is 12.1 Å². The maximum atomic E-state index is 12.1. The van der Waals surface area contributed by atoms with Crippen molar-refractivity contribution in [2.75, 3.05) is 6.67 Å². The fourth-order valence-corrected chi connectivity index (χ4v) is 0.290. The summed E-state index contributed by atoms with van der Waals surface area (Å²) in [5, 5.41) is 8.38. The van der Waals surface area contributed by atoms with Gasteiger partial charge in [0.25, 0.3) is 0 Å². The lowest BCUT2D eigenvalue weighted by molar-refractivity contribution is 0.0603. The van der Waals surface area contributed by atoms with E-state index in [-0.39, 0.29) is 6.04 Å². The number of halogens is 1. The molecule has 0 bridgehead atoms. The van der Waals surface area contributed by atoms with Crippen molar-refractivity contribution in [2.24, 2.45) is 5.41 Å². The molecule has 1 atom stereocenters. The van der Waals surface area contributed by atoms with E-state index in [0.717, 1.165) is 0 Å². The molecule has 0 saturated heterocycles. The van der Waals surface area contributed by atoms with Crippen molar-refractivity contribution < 1.29 is 9.60 Å². The molecular weight excluding hydrogens is 121 g/mol. The minimum atomic E-state index is -0.477. The molecule has 0 aliphatic heterocycles. The lowest BCUT2D eigenvalue weighted by Gasteiger charge is -2.26. The Balaban J connectivity index is 3.80. The molecule has 0 aliphatic carbocycles. The van der Waals surface area contributed by atoms with E-state index in [4.69, 9.17) is 5.21 Å². The van der Waals surface area contributed by atoms with Gasteiger partial charge in [0.2, 0.25) is 0 Å². The van der Waals surface area contributed by atoms with Gasteiger partial charge in [-0.25, -0.2) is 5.48 Å². The molecule has 2 N–H and O–H groups in total. The van der Waals surface area contributed by atoms with E-state index in [1.165, 1.54) is 0 Å². The molecule has 0 aromatic carbocycles. The number of alkyl halides is 1. The Morgan fingerprint density at radius 3 is 2.22 bits per heavy atom. The number of hydrogen-bond acceptors (Lipinski definition) is 2. The highest BCUT2D eigenvalue weighted by Gasteiger charge is 2.24. The van der Waals surface area contributed by atoms with E-state index in [9.17, 15) is 4.39 Å². The average molecular weight is 135 g/mol. The molecule has 0 rings (SSSR count). The standard InChI is InChI=1S/C6H14FNO/c1-5(8-9)6(2,3)4-7/h5,8-9H,4H2,1-3H3. The van der Waals surface area contributed by atoms with Crippen LogP contribution < -0.4 is 5.48 Å². The van der Waals surface area contributed by atoms with Crippen LogP contribution in [0.4, 0.5) is 4.39 Å². The Bertz CT molecular complexity index is 85.1. The molecule has 1 unspecified atom stereocenters. The van der Waals surface area contributed by atoms with Gasteiger partial charge in [-0.05, 0) is 6.92 Å². The summed E-state index contributed by atoms with van der Waals surface area (Å²) < 4.78 is 12.1. The Hall–Kier alpha value is -0.150. The Morgan fingerprint density at radius 2 is 2.11 bits per heavy atom. The highest BCUT2D eigenvalue weighted by molar-refractivity contribution is 4.76. The first-order valence-corrected chi connectivity index (χ1v) is 3.00. The van der Waals surface area contributed by atoms with Gasteiger partial charge < -0.3 is 5.21 Å². The quantitative estimate of drug-likeness (QED) is 0.572. The second-order valence-electron chi connectivity index (χ2n) is 2.97. The summed E-state index contributed by atoms with van der Waals surface area (Å²) >= 11 is 0. The topological polar surface area (TPSA) is 32.3 Å². The van der Waals surface area contributed by atoms with Gasteiger partial charge in [-0.1, -0.05) is 13.8 Å². The monoisotopic (exact) mass is 135 g/mol. The normalized spacial score (nSPS) is 15.7. The van der Waals surface area contributed by atoms with Crippen molar-refractivity contribution >= 4 is 0 Å². The predicted octanol–water partition coefficient (Wildman–Crippen LogP) is 1.35. The highest BCUT2D eigenvalue weighted by atomic mass is 19.1. The van der Waals surface area contributed by atoms with Crippen molar-refractivity contribution in [1.82, 2.24) is 5.48 Å². The number of rotatable bonds is 3. The van der Waals surface area contributed by atoms with E-state index in [1.807, 2.05) is 5.48 Å². The second-order valence-corrected chi connectivity index (χ2v) is 2.97. The summed E-state index contributed by atoms with van der Waals surface area (Å²) in [5.41, 5.74) is 1.54. The van der Waals surface area contributed by atoms with Crippen LogP contribution in [0.25, 0.3) is 0 Å². The SMILES string of the molecule is CC(NO)C(C)(C)CF. The van der Waals surface area contributed by atoms with Crippen LogP contribution in [0.5, 0.6) is 0 Å². The van der Waals surface area contributed by atoms with Crippen molar-refractivity contribution in [3.8, 4) is 0 Å². The minimum Gasteiger partial charge on any atom is -0.317 e. The maximum Gasteiger partial charge on any atom is 0.0960 e. The van der Waals surface area contributed by atoms with E-state index >= 15 is 0 Å². The minimum absolute atomic E-state index is 0.206. The summed E-state index contributed by atoms with van der Waals surface area (Å²) in [4.78, 5) is 0. The zero-order valence-electron chi connectivity index (χ0n) is 6.11. The summed E-state index contributed by atoms with van der Waals surface area (Å²) in [5.74, 6) is 0. The molecule has 0 heterocycles. The van der Waals surface area contributed by atoms with Gasteiger partial charge in [0, 0.05) is 11.5 Å². The zero-order valence-corrected chi connectivity index (χ0v) is 6.11. The zero-order chi connectivity index (χ0) is 7.49. The average Bonchev–Trinajstić information content (AvgIpc) is 1.86. The lowest BCUT2D eigenvalue weighted by Crippen LogP contribution is -2.39. The van der Waals surface area contributed by atoms with Crippen LogP contribution in [-0.4, -0.2) is 17.9 Å². The van der Waals surface area contributed by atoms with E-state index in [2.05, 4.69) is 0 Å². The summed E-state index contributed by atoms with van der Waals surface area (Å²) in [6.45, 7) is 4.81. The molecule has 0 aromatic rings. The third-order valence-electron chi connectivity index (χ3n) is 1.71. The van der Waals surface area contributed by atoms with Gasteiger partial charge in [-0.2, -0.15) is 0 Å². The molecular formula is C6H14FNO. The second kappa shape index (κ2) is 3.13. The lowest BCUT2D eigenvalue weighted by atomic mass is 9.88. The molecule has 0 amide bonds. The van der Waals surface area contributed by atoms with Gasteiger partial charge in [-0.15, -0.1) is 0 Å². The van der Waals surface area contributed by atoms with Crippen molar-refractivity contribution in [3.05, 3.63) is 0 Å². The summed E-state index contributed by atoms with van der Waals surface area (Å²) in [7, 11) is 0. The van der Waals surface area contributed by atoms with Crippen LogP contribution in [0.3, 0.4) is 0 Å². The third-order valence-corrected chi connectivity index (χ3v) is 1.71. The maximum absolute atomic E-state index is 12.1. The first-order chi connectivity index (χ1) is 4.04.